The van der Waals surface area contributed by atoms with Crippen LogP contribution in [0.3, 0.4) is 0 Å². The average Bonchev–Trinajstić information content (AvgIpc) is 2.60. The first-order valence-corrected chi connectivity index (χ1v) is 9.61. The Morgan fingerprint density at radius 1 is 1.27 bits per heavy atom. The molecule has 2 saturated heterocycles. The van der Waals surface area contributed by atoms with E-state index in [2.05, 4.69) is 15.3 Å². The standard InChI is InChI=1S/C18H26F3N5O4/c1-16(2,3)30-15(28)25-4-6-26(7-5-25)17(10-29-11-17)9-22-13-8-12(18(19,20)21)14(27)24-23-13/h8H,4-7,9-11H2,1-3H3,(H,22,23)(H,24,27). The van der Waals surface area contributed by atoms with Gasteiger partial charge in [0.1, 0.15) is 17.0 Å². The molecule has 168 valence electrons. The minimum atomic E-state index is -4.76. The number of piperazine rings is 1. The molecule has 2 fully saturated rings. The van der Waals surface area contributed by atoms with Gasteiger partial charge in [-0.3, -0.25) is 9.69 Å². The second-order valence-corrected chi connectivity index (χ2v) is 8.52. The molecule has 0 aromatic carbocycles. The largest absolute Gasteiger partial charge is 0.444 e. The molecule has 0 atom stereocenters. The van der Waals surface area contributed by atoms with E-state index in [4.69, 9.17) is 9.47 Å². The summed E-state index contributed by atoms with van der Waals surface area (Å²) in [6.45, 7) is 8.64. The summed E-state index contributed by atoms with van der Waals surface area (Å²) in [5.41, 5.74) is -3.58. The molecule has 30 heavy (non-hydrogen) atoms. The third-order valence-electron chi connectivity index (χ3n) is 5.05. The number of alkyl halides is 3. The lowest BCUT2D eigenvalue weighted by atomic mass is 9.93. The number of ether oxygens (including phenoxy) is 2. The van der Waals surface area contributed by atoms with E-state index in [9.17, 15) is 22.8 Å². The average molecular weight is 433 g/mol. The highest BCUT2D eigenvalue weighted by molar-refractivity contribution is 5.68. The Balaban J connectivity index is 1.60. The van der Waals surface area contributed by atoms with Gasteiger partial charge in [-0.1, -0.05) is 0 Å². The molecule has 0 aliphatic carbocycles. The van der Waals surface area contributed by atoms with Crippen molar-refractivity contribution in [3.8, 4) is 0 Å². The molecule has 0 bridgehead atoms. The predicted octanol–water partition coefficient (Wildman–Crippen LogP) is 1.52. The van der Waals surface area contributed by atoms with Crippen LogP contribution in [-0.4, -0.2) is 83.2 Å². The molecule has 1 aromatic rings. The molecule has 3 rings (SSSR count). The van der Waals surface area contributed by atoms with Gasteiger partial charge in [0.05, 0.1) is 18.8 Å². The van der Waals surface area contributed by atoms with Gasteiger partial charge in [-0.2, -0.15) is 18.3 Å². The number of hydrogen-bond donors (Lipinski definition) is 2. The van der Waals surface area contributed by atoms with Crippen LogP contribution in [0.25, 0.3) is 0 Å². The van der Waals surface area contributed by atoms with Crippen LogP contribution in [0.5, 0.6) is 0 Å². The summed E-state index contributed by atoms with van der Waals surface area (Å²) in [7, 11) is 0. The number of nitrogens with zero attached hydrogens (tertiary/aromatic N) is 3. The number of H-pyrrole nitrogens is 1. The van der Waals surface area contributed by atoms with Crippen LogP contribution in [0.1, 0.15) is 26.3 Å². The zero-order valence-electron chi connectivity index (χ0n) is 17.1. The molecule has 1 aromatic heterocycles. The highest BCUT2D eigenvalue weighted by Crippen LogP contribution is 2.29. The summed E-state index contributed by atoms with van der Waals surface area (Å²) in [5.74, 6) is -0.0689. The molecule has 1 amide bonds. The smallest absolute Gasteiger partial charge is 0.421 e. The summed E-state index contributed by atoms with van der Waals surface area (Å²) in [6, 6.07) is 0.701. The fourth-order valence-electron chi connectivity index (χ4n) is 3.39. The Morgan fingerprint density at radius 2 is 1.90 bits per heavy atom. The van der Waals surface area contributed by atoms with E-state index >= 15 is 0 Å². The second-order valence-electron chi connectivity index (χ2n) is 8.52. The lowest BCUT2D eigenvalue weighted by Gasteiger charge is -2.52. The third-order valence-corrected chi connectivity index (χ3v) is 5.05. The maximum atomic E-state index is 12.9. The summed E-state index contributed by atoms with van der Waals surface area (Å²) in [5, 5.41) is 8.40. The van der Waals surface area contributed by atoms with Crippen LogP contribution in [0, 0.1) is 0 Å². The van der Waals surface area contributed by atoms with Gasteiger partial charge < -0.3 is 19.7 Å². The highest BCUT2D eigenvalue weighted by atomic mass is 19.4. The van der Waals surface area contributed by atoms with Gasteiger partial charge in [0.25, 0.3) is 5.56 Å². The van der Waals surface area contributed by atoms with Crippen molar-refractivity contribution in [2.24, 2.45) is 0 Å². The maximum absolute atomic E-state index is 12.9. The van der Waals surface area contributed by atoms with E-state index in [0.717, 1.165) is 0 Å². The molecule has 2 aliphatic heterocycles. The SMILES string of the molecule is CC(C)(C)OC(=O)N1CCN(C2(CNc3cc(C(F)(F)F)c(=O)[nH]n3)COC2)CC1. The third kappa shape index (κ3) is 5.04. The van der Waals surface area contributed by atoms with Crippen molar-refractivity contribution in [1.82, 2.24) is 20.0 Å². The molecular weight excluding hydrogens is 407 g/mol. The molecule has 0 spiro atoms. The zero-order valence-corrected chi connectivity index (χ0v) is 17.1. The van der Waals surface area contributed by atoms with Gasteiger partial charge in [-0.25, -0.2) is 9.89 Å². The van der Waals surface area contributed by atoms with Gasteiger partial charge in [0, 0.05) is 38.8 Å². The number of rotatable bonds is 4. The number of aromatic amines is 1. The van der Waals surface area contributed by atoms with Crippen LogP contribution < -0.4 is 10.9 Å². The summed E-state index contributed by atoms with van der Waals surface area (Å²) in [6.07, 6.45) is -5.13. The number of halogens is 3. The number of hydrogen-bond acceptors (Lipinski definition) is 7. The Morgan fingerprint density at radius 3 is 2.40 bits per heavy atom. The Hall–Kier alpha value is -2.34. The first-order valence-electron chi connectivity index (χ1n) is 9.61. The van der Waals surface area contributed by atoms with Gasteiger partial charge in [-0.15, -0.1) is 0 Å². The normalized spacial score (nSPS) is 19.9. The number of amides is 1. The van der Waals surface area contributed by atoms with Crippen LogP contribution in [0.4, 0.5) is 23.8 Å². The van der Waals surface area contributed by atoms with E-state index in [1.165, 1.54) is 0 Å². The van der Waals surface area contributed by atoms with Crippen molar-refractivity contribution in [1.29, 1.82) is 0 Å². The van der Waals surface area contributed by atoms with Crippen molar-refractivity contribution in [2.75, 3.05) is 51.3 Å². The second kappa shape index (κ2) is 8.06. The minimum absolute atomic E-state index is 0.0689. The monoisotopic (exact) mass is 433 g/mol. The topological polar surface area (TPSA) is 99.8 Å². The van der Waals surface area contributed by atoms with E-state index < -0.39 is 28.4 Å². The van der Waals surface area contributed by atoms with Gasteiger partial charge in [-0.05, 0) is 20.8 Å². The van der Waals surface area contributed by atoms with Gasteiger partial charge in [0.15, 0.2) is 0 Å². The zero-order chi connectivity index (χ0) is 22.2. The number of nitrogens with one attached hydrogen (secondary N) is 2. The lowest BCUT2D eigenvalue weighted by molar-refractivity contribution is -0.142. The molecule has 0 unspecified atom stereocenters. The number of anilines is 1. The van der Waals surface area contributed by atoms with Crippen molar-refractivity contribution >= 4 is 11.9 Å². The number of carbonyl (C=O) groups excluding carboxylic acids is 1. The van der Waals surface area contributed by atoms with Crippen molar-refractivity contribution < 1.29 is 27.4 Å². The summed E-state index contributed by atoms with van der Waals surface area (Å²) in [4.78, 5) is 27.4. The molecule has 0 radical (unpaired) electrons. The fourth-order valence-corrected chi connectivity index (χ4v) is 3.39. The van der Waals surface area contributed by atoms with E-state index in [1.807, 2.05) is 25.9 Å². The van der Waals surface area contributed by atoms with Crippen LogP contribution >= 0.6 is 0 Å². The first kappa shape index (κ1) is 22.3. The molecule has 2 aliphatic rings. The quantitative estimate of drug-likeness (QED) is 0.743. The fraction of sp³-hybridized carbons (Fsp3) is 0.722. The minimum Gasteiger partial charge on any atom is -0.444 e. The Bertz CT molecular complexity index is 824. The van der Waals surface area contributed by atoms with Crippen LogP contribution in [0.2, 0.25) is 0 Å². The maximum Gasteiger partial charge on any atom is 0.421 e. The Kier molecular flexibility index (Phi) is 6.01. The van der Waals surface area contributed by atoms with Crippen molar-refractivity contribution in [3.05, 3.63) is 22.0 Å². The number of carbonyl (C=O) groups is 1. The van der Waals surface area contributed by atoms with E-state index in [1.54, 1.807) is 4.90 Å². The van der Waals surface area contributed by atoms with E-state index in [0.29, 0.717) is 45.5 Å². The summed E-state index contributed by atoms with van der Waals surface area (Å²) < 4.78 is 49.6. The first-order chi connectivity index (χ1) is 13.9. The molecule has 2 N–H and O–H groups in total. The van der Waals surface area contributed by atoms with Gasteiger partial charge in [0.2, 0.25) is 0 Å². The van der Waals surface area contributed by atoms with E-state index in [-0.39, 0.29) is 18.5 Å². The molecule has 0 saturated carbocycles. The molecule has 3 heterocycles. The number of aromatic nitrogens is 2. The highest BCUT2D eigenvalue weighted by Gasteiger charge is 2.45. The van der Waals surface area contributed by atoms with Crippen molar-refractivity contribution in [3.63, 3.8) is 0 Å². The van der Waals surface area contributed by atoms with Crippen molar-refractivity contribution in [2.45, 2.75) is 38.1 Å². The predicted molar refractivity (Wildman–Crippen MR) is 101 cm³/mol. The summed E-state index contributed by atoms with van der Waals surface area (Å²) >= 11 is 0. The molecular formula is C18H26F3N5O4. The Labute approximate surface area is 171 Å². The van der Waals surface area contributed by atoms with Crippen LogP contribution in [0.15, 0.2) is 10.9 Å². The van der Waals surface area contributed by atoms with Gasteiger partial charge >= 0.3 is 12.3 Å². The molecule has 9 nitrogen and oxygen atoms in total. The molecule has 12 heteroatoms. The van der Waals surface area contributed by atoms with Crippen LogP contribution in [-0.2, 0) is 15.7 Å². The lowest BCUT2D eigenvalue weighted by Crippen LogP contribution is -2.69.